The van der Waals surface area contributed by atoms with Gasteiger partial charge in [0.2, 0.25) is 0 Å². The van der Waals surface area contributed by atoms with Crippen molar-refractivity contribution in [3.8, 4) is 0 Å². The van der Waals surface area contributed by atoms with Crippen LogP contribution in [0.15, 0.2) is 84.9 Å². The number of halogens is 2. The molecular weight excluding hydrogens is 526 g/mol. The van der Waals surface area contributed by atoms with E-state index in [1.54, 1.807) is 66.7 Å². The maximum Gasteiger partial charge on any atom is 0.272 e. The van der Waals surface area contributed by atoms with Gasteiger partial charge in [-0.25, -0.2) is 0 Å². The highest BCUT2D eigenvalue weighted by molar-refractivity contribution is 9.09. The van der Waals surface area contributed by atoms with Crippen molar-refractivity contribution in [1.29, 1.82) is 0 Å². The molecular formula is C25H19BrClNO4S. The van der Waals surface area contributed by atoms with Crippen LogP contribution in [0.5, 0.6) is 0 Å². The summed E-state index contributed by atoms with van der Waals surface area (Å²) in [6.07, 6.45) is 0.281. The molecule has 1 aliphatic heterocycles. The number of hydrogen-bond donors (Lipinski definition) is 0. The molecule has 0 saturated carbocycles. The Hall–Kier alpha value is -2.48. The third kappa shape index (κ3) is 4.63. The van der Waals surface area contributed by atoms with Gasteiger partial charge in [0.1, 0.15) is 0 Å². The van der Waals surface area contributed by atoms with Gasteiger partial charge in [0.05, 0.1) is 15.0 Å². The van der Waals surface area contributed by atoms with Crippen molar-refractivity contribution in [1.82, 2.24) is 0 Å². The molecule has 1 saturated heterocycles. The summed E-state index contributed by atoms with van der Waals surface area (Å²) in [6.45, 7) is 0. The van der Waals surface area contributed by atoms with Crippen LogP contribution >= 0.6 is 39.3 Å². The molecule has 33 heavy (non-hydrogen) atoms. The zero-order chi connectivity index (χ0) is 23.6. The van der Waals surface area contributed by atoms with E-state index in [0.717, 1.165) is 11.8 Å². The molecule has 0 aromatic heterocycles. The first-order valence-electron chi connectivity index (χ1n) is 10.3. The molecule has 3 aromatic carbocycles. The number of benzene rings is 3. The lowest BCUT2D eigenvalue weighted by atomic mass is 9.84. The van der Waals surface area contributed by atoms with Crippen molar-refractivity contribution < 1.29 is 14.5 Å². The van der Waals surface area contributed by atoms with Crippen LogP contribution in [0.2, 0.25) is 0 Å². The highest BCUT2D eigenvalue weighted by Crippen LogP contribution is 2.55. The lowest BCUT2D eigenvalue weighted by Gasteiger charge is -2.42. The molecule has 1 fully saturated rings. The standard InChI is InChI=1S/C25H19BrClNO4S/c26-21-15-19(18-13-7-8-14-20(18)28(31)32)23(22(29)16-9-3-1-4-10-16)33-25(21,27)24(30)17-11-5-2-6-12-17/h1-14,19,21,23H,15H2/t19-,21+,23+,25-/m0/s1. The van der Waals surface area contributed by atoms with E-state index in [1.807, 2.05) is 12.1 Å². The van der Waals surface area contributed by atoms with E-state index in [2.05, 4.69) is 15.9 Å². The molecule has 1 heterocycles. The number of rotatable bonds is 6. The van der Waals surface area contributed by atoms with Crippen molar-refractivity contribution in [3.05, 3.63) is 112 Å². The van der Waals surface area contributed by atoms with Crippen LogP contribution in [-0.4, -0.2) is 30.8 Å². The number of hydrogen-bond acceptors (Lipinski definition) is 5. The average molecular weight is 545 g/mol. The Morgan fingerprint density at radius 1 is 0.939 bits per heavy atom. The number of alkyl halides is 2. The molecule has 0 amide bonds. The molecule has 0 unspecified atom stereocenters. The maximum absolute atomic E-state index is 13.6. The van der Waals surface area contributed by atoms with Crippen molar-refractivity contribution in [3.63, 3.8) is 0 Å². The van der Waals surface area contributed by atoms with Crippen LogP contribution in [0.25, 0.3) is 0 Å². The number of ketones is 2. The van der Waals surface area contributed by atoms with Crippen LogP contribution in [0.1, 0.15) is 38.6 Å². The number of carbonyl (C=O) groups is 2. The summed E-state index contributed by atoms with van der Waals surface area (Å²) in [5.74, 6) is -1.03. The molecule has 0 spiro atoms. The fraction of sp³-hybridized carbons (Fsp3) is 0.200. The third-order valence-electron chi connectivity index (χ3n) is 5.72. The highest BCUT2D eigenvalue weighted by Gasteiger charge is 2.54. The molecule has 8 heteroatoms. The number of Topliss-reactive ketones (excluding diaryl/α,β-unsaturated/α-hetero) is 2. The molecule has 4 atom stereocenters. The molecule has 0 N–H and O–H groups in total. The first-order valence-corrected chi connectivity index (χ1v) is 12.4. The van der Waals surface area contributed by atoms with Crippen LogP contribution in [0.4, 0.5) is 5.69 Å². The molecule has 1 aliphatic rings. The van der Waals surface area contributed by atoms with Crippen LogP contribution < -0.4 is 0 Å². The van der Waals surface area contributed by atoms with Gasteiger partial charge in [0, 0.05) is 28.7 Å². The fourth-order valence-electron chi connectivity index (χ4n) is 4.08. The minimum Gasteiger partial charge on any atom is -0.293 e. The van der Waals surface area contributed by atoms with E-state index >= 15 is 0 Å². The Morgan fingerprint density at radius 2 is 1.48 bits per heavy atom. The van der Waals surface area contributed by atoms with E-state index < -0.39 is 25.1 Å². The van der Waals surface area contributed by atoms with E-state index in [-0.39, 0.29) is 23.7 Å². The summed E-state index contributed by atoms with van der Waals surface area (Å²) in [7, 11) is 0. The van der Waals surface area contributed by atoms with Gasteiger partial charge in [-0.2, -0.15) is 0 Å². The predicted molar refractivity (Wildman–Crippen MR) is 135 cm³/mol. The van der Waals surface area contributed by atoms with Crippen LogP contribution in [0, 0.1) is 10.1 Å². The van der Waals surface area contributed by atoms with Crippen molar-refractivity contribution >= 4 is 56.5 Å². The van der Waals surface area contributed by atoms with Gasteiger partial charge in [-0.15, -0.1) is 11.8 Å². The quantitative estimate of drug-likeness (QED) is 0.150. The second-order valence-electron chi connectivity index (χ2n) is 7.73. The number of nitrogens with zero attached hydrogens (tertiary/aromatic N) is 1. The predicted octanol–water partition coefficient (Wildman–Crippen LogP) is 6.65. The number of thioether (sulfide) groups is 1. The van der Waals surface area contributed by atoms with E-state index in [0.29, 0.717) is 16.7 Å². The molecule has 3 aromatic rings. The molecule has 5 nitrogen and oxygen atoms in total. The molecule has 0 aliphatic carbocycles. The molecule has 0 bridgehead atoms. The van der Waals surface area contributed by atoms with Crippen LogP contribution in [-0.2, 0) is 0 Å². The Labute approximate surface area is 208 Å². The molecule has 168 valence electrons. The van der Waals surface area contributed by atoms with Gasteiger partial charge >= 0.3 is 0 Å². The lowest BCUT2D eigenvalue weighted by molar-refractivity contribution is -0.385. The Morgan fingerprint density at radius 3 is 2.09 bits per heavy atom. The summed E-state index contributed by atoms with van der Waals surface area (Å²) in [5, 5.41) is 11.0. The number of para-hydroxylation sites is 1. The zero-order valence-corrected chi connectivity index (χ0v) is 20.4. The van der Waals surface area contributed by atoms with E-state index in [1.165, 1.54) is 6.07 Å². The lowest BCUT2D eigenvalue weighted by Crippen LogP contribution is -2.48. The molecule has 4 rings (SSSR count). The van der Waals surface area contributed by atoms with Gasteiger partial charge in [-0.05, 0) is 6.42 Å². The summed E-state index contributed by atoms with van der Waals surface area (Å²) < 4.78 is -1.45. The molecule has 0 radical (unpaired) electrons. The maximum atomic E-state index is 13.6. The largest absolute Gasteiger partial charge is 0.293 e. The number of nitro groups is 1. The Bertz CT molecular complexity index is 1190. The van der Waals surface area contributed by atoms with Gasteiger partial charge in [-0.1, -0.05) is 106 Å². The highest BCUT2D eigenvalue weighted by atomic mass is 79.9. The fourth-order valence-corrected chi connectivity index (χ4v) is 7.01. The second-order valence-corrected chi connectivity index (χ2v) is 11.0. The topological polar surface area (TPSA) is 77.3 Å². The summed E-state index contributed by atoms with van der Waals surface area (Å²) in [4.78, 5) is 37.9. The van der Waals surface area contributed by atoms with Gasteiger partial charge < -0.3 is 0 Å². The normalized spacial score (nSPS) is 24.7. The minimum atomic E-state index is -1.45. The van der Waals surface area contributed by atoms with Gasteiger partial charge in [0.15, 0.2) is 15.8 Å². The smallest absolute Gasteiger partial charge is 0.272 e. The number of nitro benzene ring substituents is 1. The summed E-state index contributed by atoms with van der Waals surface area (Å²) >= 11 is 11.6. The Kier molecular flexibility index (Phi) is 7.02. The van der Waals surface area contributed by atoms with Crippen molar-refractivity contribution in [2.45, 2.75) is 26.6 Å². The van der Waals surface area contributed by atoms with Gasteiger partial charge in [-0.3, -0.25) is 19.7 Å². The van der Waals surface area contributed by atoms with Crippen molar-refractivity contribution in [2.24, 2.45) is 0 Å². The SMILES string of the molecule is O=C(c1ccccc1)[C@@H]1S[C@](Cl)(C(=O)c2ccccc2)[C@H](Br)C[C@H]1c1ccccc1[N+](=O)[O-]. The van der Waals surface area contributed by atoms with Crippen molar-refractivity contribution in [2.75, 3.05) is 0 Å². The summed E-state index contributed by atoms with van der Waals surface area (Å²) in [5.41, 5.74) is 1.32. The van der Waals surface area contributed by atoms with E-state index in [9.17, 15) is 19.7 Å². The zero-order valence-electron chi connectivity index (χ0n) is 17.3. The monoisotopic (exact) mass is 543 g/mol. The number of carbonyl (C=O) groups excluding carboxylic acids is 2. The Balaban J connectivity index is 1.80. The average Bonchev–Trinajstić information content (AvgIpc) is 2.85. The minimum absolute atomic E-state index is 0.0508. The first-order chi connectivity index (χ1) is 15.8. The second kappa shape index (κ2) is 9.79. The third-order valence-corrected chi connectivity index (χ3v) is 9.66. The van der Waals surface area contributed by atoms with Crippen LogP contribution in [0.3, 0.4) is 0 Å². The van der Waals surface area contributed by atoms with Gasteiger partial charge in [0.25, 0.3) is 5.69 Å². The van der Waals surface area contributed by atoms with E-state index in [4.69, 9.17) is 11.6 Å². The first kappa shape index (κ1) is 23.7. The summed E-state index contributed by atoms with van der Waals surface area (Å²) in [6, 6.07) is 23.9.